The Labute approximate surface area is 197 Å². The maximum Gasteiger partial charge on any atom is 0.259 e. The predicted octanol–water partition coefficient (Wildman–Crippen LogP) is 4.84. The van der Waals surface area contributed by atoms with Crippen molar-refractivity contribution in [1.82, 2.24) is 9.88 Å². The van der Waals surface area contributed by atoms with E-state index in [4.69, 9.17) is 5.41 Å². The molecule has 1 aliphatic heterocycles. The molecular formula is C26H26FN5O2. The van der Waals surface area contributed by atoms with Crippen molar-refractivity contribution < 1.29 is 14.0 Å². The van der Waals surface area contributed by atoms with Crippen molar-refractivity contribution in [2.24, 2.45) is 0 Å². The lowest BCUT2D eigenvalue weighted by Gasteiger charge is -2.29. The Morgan fingerprint density at radius 2 is 1.62 bits per heavy atom. The third-order valence-corrected chi connectivity index (χ3v) is 5.72. The van der Waals surface area contributed by atoms with E-state index in [1.165, 1.54) is 18.6 Å². The molecule has 3 aromatic rings. The molecule has 0 bridgehead atoms. The summed E-state index contributed by atoms with van der Waals surface area (Å²) >= 11 is 0. The molecule has 8 heteroatoms. The number of pyridine rings is 1. The summed E-state index contributed by atoms with van der Waals surface area (Å²) in [6.07, 6.45) is 4.96. The minimum absolute atomic E-state index is 0.0146. The molecule has 0 atom stereocenters. The van der Waals surface area contributed by atoms with Crippen molar-refractivity contribution in [1.29, 1.82) is 5.41 Å². The van der Waals surface area contributed by atoms with E-state index in [1.807, 2.05) is 11.8 Å². The van der Waals surface area contributed by atoms with Crippen LogP contribution < -0.4 is 10.6 Å². The second-order valence-electron chi connectivity index (χ2n) is 8.29. The number of anilines is 2. The van der Waals surface area contributed by atoms with Crippen molar-refractivity contribution in [2.45, 2.75) is 26.2 Å². The van der Waals surface area contributed by atoms with Crippen LogP contribution in [-0.2, 0) is 0 Å². The van der Waals surface area contributed by atoms with Gasteiger partial charge in [0.25, 0.3) is 11.8 Å². The van der Waals surface area contributed by atoms with Gasteiger partial charge in [-0.2, -0.15) is 0 Å². The number of hydrogen-bond donors (Lipinski definition) is 3. The fourth-order valence-corrected chi connectivity index (χ4v) is 3.81. The third kappa shape index (κ3) is 5.46. The van der Waals surface area contributed by atoms with Gasteiger partial charge in [0, 0.05) is 30.4 Å². The van der Waals surface area contributed by atoms with Gasteiger partial charge in [-0.3, -0.25) is 15.0 Å². The molecule has 1 fully saturated rings. The number of hydrogen-bond acceptors (Lipinski definition) is 4. The second-order valence-corrected chi connectivity index (χ2v) is 8.29. The molecule has 4 rings (SSSR count). The van der Waals surface area contributed by atoms with E-state index < -0.39 is 17.6 Å². The van der Waals surface area contributed by atoms with Crippen LogP contribution in [0, 0.1) is 18.2 Å². The van der Waals surface area contributed by atoms with Crippen LogP contribution in [0.2, 0.25) is 0 Å². The van der Waals surface area contributed by atoms with Gasteiger partial charge in [-0.15, -0.1) is 0 Å². The molecule has 1 aliphatic rings. The monoisotopic (exact) mass is 459 g/mol. The highest BCUT2D eigenvalue weighted by Gasteiger charge is 2.18. The van der Waals surface area contributed by atoms with E-state index in [-0.39, 0.29) is 11.3 Å². The van der Waals surface area contributed by atoms with Crippen LogP contribution in [-0.4, -0.2) is 40.6 Å². The summed E-state index contributed by atoms with van der Waals surface area (Å²) < 4.78 is 13.9. The molecule has 7 nitrogen and oxygen atoms in total. The van der Waals surface area contributed by atoms with E-state index >= 15 is 0 Å². The number of likely N-dealkylation sites (tertiary alicyclic amines) is 1. The average Bonchev–Trinajstić information content (AvgIpc) is 2.86. The number of carbonyl (C=O) groups excluding carboxylic acids is 2. The third-order valence-electron chi connectivity index (χ3n) is 5.72. The molecule has 0 radical (unpaired) electrons. The number of aromatic nitrogens is 1. The Bertz CT molecular complexity index is 1200. The van der Waals surface area contributed by atoms with Gasteiger partial charge in [-0.05, 0) is 68.1 Å². The van der Waals surface area contributed by atoms with Crippen molar-refractivity contribution in [3.05, 3.63) is 88.9 Å². The largest absolute Gasteiger partial charge is 0.357 e. The Balaban J connectivity index is 1.47. The van der Waals surface area contributed by atoms with Crippen molar-refractivity contribution in [3.63, 3.8) is 0 Å². The van der Waals surface area contributed by atoms with Gasteiger partial charge in [0.05, 0.1) is 11.3 Å². The Kier molecular flexibility index (Phi) is 6.96. The summed E-state index contributed by atoms with van der Waals surface area (Å²) in [6, 6.07) is 13.8. The zero-order chi connectivity index (χ0) is 24.1. The highest BCUT2D eigenvalue weighted by molar-refractivity contribution is 6.12. The van der Waals surface area contributed by atoms with E-state index in [9.17, 15) is 14.0 Å². The van der Waals surface area contributed by atoms with Crippen LogP contribution >= 0.6 is 0 Å². The fourth-order valence-electron chi connectivity index (χ4n) is 3.81. The van der Waals surface area contributed by atoms with Crippen LogP contribution in [0.3, 0.4) is 0 Å². The SMILES string of the molecule is Cc1ccc(NC(=O)c2cc(F)ccc2NC(=O)c2ccc(C(=N)N3CCCCC3)cc2)nc1. The Hall–Kier alpha value is -4.07. The number of aryl methyl sites for hydroxylation is 1. The molecule has 2 heterocycles. The predicted molar refractivity (Wildman–Crippen MR) is 130 cm³/mol. The molecule has 2 amide bonds. The minimum atomic E-state index is -0.597. The van der Waals surface area contributed by atoms with Crippen LogP contribution in [0.1, 0.15) is 51.1 Å². The maximum absolute atomic E-state index is 13.9. The first kappa shape index (κ1) is 23.1. The van der Waals surface area contributed by atoms with E-state index in [0.29, 0.717) is 17.2 Å². The molecular weight excluding hydrogens is 433 g/mol. The smallest absolute Gasteiger partial charge is 0.259 e. The number of nitrogens with one attached hydrogen (secondary N) is 3. The number of piperidine rings is 1. The van der Waals surface area contributed by atoms with Gasteiger partial charge in [-0.25, -0.2) is 9.37 Å². The topological polar surface area (TPSA) is 98.2 Å². The molecule has 0 saturated carbocycles. The lowest BCUT2D eigenvalue weighted by molar-refractivity contribution is 0.102. The fraction of sp³-hybridized carbons (Fsp3) is 0.231. The molecule has 3 N–H and O–H groups in total. The number of rotatable bonds is 5. The Morgan fingerprint density at radius 1 is 0.912 bits per heavy atom. The highest BCUT2D eigenvalue weighted by Crippen LogP contribution is 2.20. The normalized spacial score (nSPS) is 13.3. The standard InChI is InChI=1S/C26H26FN5O2/c1-17-5-12-23(29-16-17)31-26(34)21-15-20(27)10-11-22(21)30-25(33)19-8-6-18(7-9-19)24(28)32-13-3-2-4-14-32/h5-12,15-16,28H,2-4,13-14H2,1H3,(H,30,33)(H,29,31,34). The zero-order valence-electron chi connectivity index (χ0n) is 18.9. The zero-order valence-corrected chi connectivity index (χ0v) is 18.9. The summed E-state index contributed by atoms with van der Waals surface area (Å²) in [7, 11) is 0. The van der Waals surface area contributed by atoms with Gasteiger partial charge < -0.3 is 15.5 Å². The Morgan fingerprint density at radius 3 is 2.29 bits per heavy atom. The molecule has 2 aromatic carbocycles. The summed E-state index contributed by atoms with van der Waals surface area (Å²) in [5.74, 6) is -0.847. The van der Waals surface area contributed by atoms with E-state index in [1.54, 1.807) is 42.6 Å². The van der Waals surface area contributed by atoms with Gasteiger partial charge in [0.2, 0.25) is 0 Å². The van der Waals surface area contributed by atoms with Crippen molar-refractivity contribution in [3.8, 4) is 0 Å². The number of benzene rings is 2. The molecule has 0 unspecified atom stereocenters. The lowest BCUT2D eigenvalue weighted by Crippen LogP contribution is -2.35. The molecule has 34 heavy (non-hydrogen) atoms. The molecule has 174 valence electrons. The molecule has 0 spiro atoms. The number of halogens is 1. The lowest BCUT2D eigenvalue weighted by atomic mass is 10.1. The van der Waals surface area contributed by atoms with Crippen LogP contribution in [0.15, 0.2) is 60.8 Å². The van der Waals surface area contributed by atoms with Gasteiger partial charge in [-0.1, -0.05) is 18.2 Å². The summed E-state index contributed by atoms with van der Waals surface area (Å²) in [5, 5.41) is 13.7. The first-order valence-corrected chi connectivity index (χ1v) is 11.2. The molecule has 1 aromatic heterocycles. The molecule has 1 saturated heterocycles. The average molecular weight is 460 g/mol. The molecule has 0 aliphatic carbocycles. The summed E-state index contributed by atoms with van der Waals surface area (Å²) in [5.41, 5.74) is 2.21. The van der Waals surface area contributed by atoms with Gasteiger partial charge >= 0.3 is 0 Å². The van der Waals surface area contributed by atoms with Gasteiger partial charge in [0.1, 0.15) is 17.5 Å². The minimum Gasteiger partial charge on any atom is -0.357 e. The van der Waals surface area contributed by atoms with Crippen molar-refractivity contribution in [2.75, 3.05) is 23.7 Å². The van der Waals surface area contributed by atoms with Gasteiger partial charge in [0.15, 0.2) is 0 Å². The van der Waals surface area contributed by atoms with Crippen LogP contribution in [0.25, 0.3) is 0 Å². The van der Waals surface area contributed by atoms with Crippen molar-refractivity contribution >= 4 is 29.2 Å². The number of amidine groups is 1. The first-order valence-electron chi connectivity index (χ1n) is 11.2. The number of nitrogens with zero attached hydrogens (tertiary/aromatic N) is 2. The van der Waals surface area contributed by atoms with E-state index in [0.717, 1.165) is 43.1 Å². The maximum atomic E-state index is 13.9. The second kappa shape index (κ2) is 10.2. The summed E-state index contributed by atoms with van der Waals surface area (Å²) in [6.45, 7) is 3.62. The van der Waals surface area contributed by atoms with Crippen LogP contribution in [0.5, 0.6) is 0 Å². The number of amides is 2. The quantitative estimate of drug-likeness (QED) is 0.375. The number of carbonyl (C=O) groups is 2. The first-order chi connectivity index (χ1) is 16.4. The van der Waals surface area contributed by atoms with Crippen LogP contribution in [0.4, 0.5) is 15.9 Å². The summed E-state index contributed by atoms with van der Waals surface area (Å²) in [4.78, 5) is 31.8. The highest BCUT2D eigenvalue weighted by atomic mass is 19.1. The van der Waals surface area contributed by atoms with E-state index in [2.05, 4.69) is 15.6 Å².